The van der Waals surface area contributed by atoms with Gasteiger partial charge in [-0.25, -0.2) is 0 Å². The van der Waals surface area contributed by atoms with E-state index in [-0.39, 0.29) is 17.5 Å². The molecule has 3 nitrogen and oxygen atoms in total. The van der Waals surface area contributed by atoms with E-state index < -0.39 is 0 Å². The minimum Gasteiger partial charge on any atom is -0.469 e. The van der Waals surface area contributed by atoms with Crippen LogP contribution in [0.15, 0.2) is 12.2 Å². The van der Waals surface area contributed by atoms with Crippen molar-refractivity contribution in [1.82, 2.24) is 0 Å². The van der Waals surface area contributed by atoms with Gasteiger partial charge in [0.15, 0.2) is 0 Å². The first-order chi connectivity index (χ1) is 13.3. The lowest BCUT2D eigenvalue weighted by molar-refractivity contribution is -0.159. The predicted octanol–water partition coefficient (Wildman–Crippen LogP) is 5.37. The first-order valence-electron chi connectivity index (χ1n) is 11.7. The largest absolute Gasteiger partial charge is 0.469 e. The van der Waals surface area contributed by atoms with E-state index >= 15 is 0 Å². The summed E-state index contributed by atoms with van der Waals surface area (Å²) >= 11 is 0. The van der Waals surface area contributed by atoms with E-state index in [1.807, 2.05) is 0 Å². The molecule has 3 saturated carbocycles. The Hall–Kier alpha value is -0.830. The maximum atomic E-state index is 11.6. The number of carbonyl (C=O) groups excluding carboxylic acids is 1. The van der Waals surface area contributed by atoms with Crippen molar-refractivity contribution in [3.8, 4) is 0 Å². The molecule has 0 bridgehead atoms. The molecule has 9 unspecified atom stereocenters. The first-order valence-corrected chi connectivity index (χ1v) is 11.7. The highest BCUT2D eigenvalue weighted by Gasteiger charge is 2.63. The Balaban J connectivity index is 1.55. The van der Waals surface area contributed by atoms with Crippen molar-refractivity contribution in [2.75, 3.05) is 7.11 Å². The van der Waals surface area contributed by atoms with Crippen LogP contribution in [0.2, 0.25) is 0 Å². The number of aliphatic hydroxyl groups is 1. The monoisotopic (exact) mass is 388 g/mol. The smallest absolute Gasteiger partial charge is 0.305 e. The van der Waals surface area contributed by atoms with E-state index in [2.05, 4.69) is 32.9 Å². The highest BCUT2D eigenvalue weighted by molar-refractivity contribution is 5.69. The van der Waals surface area contributed by atoms with Crippen LogP contribution in [-0.4, -0.2) is 24.3 Å². The zero-order valence-electron chi connectivity index (χ0n) is 18.3. The summed E-state index contributed by atoms with van der Waals surface area (Å²) in [7, 11) is 1.47. The normalized spacial score (nSPS) is 48.3. The van der Waals surface area contributed by atoms with Gasteiger partial charge in [0.2, 0.25) is 0 Å². The van der Waals surface area contributed by atoms with Gasteiger partial charge in [-0.1, -0.05) is 32.9 Å². The third-order valence-corrected chi connectivity index (χ3v) is 10.1. The summed E-state index contributed by atoms with van der Waals surface area (Å²) in [5.41, 5.74) is 0.402. The predicted molar refractivity (Wildman–Crippen MR) is 112 cm³/mol. The fourth-order valence-electron chi connectivity index (χ4n) is 8.40. The highest BCUT2D eigenvalue weighted by Crippen LogP contribution is 2.67. The number of allylic oxidation sites excluding steroid dienone is 2. The molecule has 1 N–H and O–H groups in total. The molecule has 0 saturated heterocycles. The van der Waals surface area contributed by atoms with Gasteiger partial charge in [-0.2, -0.15) is 0 Å². The summed E-state index contributed by atoms with van der Waals surface area (Å²) in [6, 6.07) is 0. The molecule has 0 aliphatic heterocycles. The van der Waals surface area contributed by atoms with Gasteiger partial charge in [0.05, 0.1) is 13.2 Å². The Labute approximate surface area is 171 Å². The van der Waals surface area contributed by atoms with Gasteiger partial charge in [-0.05, 0) is 97.7 Å². The molecule has 4 aliphatic rings. The third kappa shape index (κ3) is 2.99. The minimum atomic E-state index is -0.201. The van der Waals surface area contributed by atoms with Crippen LogP contribution in [0.25, 0.3) is 0 Å². The Bertz CT molecular complexity index is 627. The number of ether oxygens (including phenoxy) is 1. The Kier molecular flexibility index (Phi) is 5.44. The van der Waals surface area contributed by atoms with Crippen molar-refractivity contribution in [2.24, 2.45) is 46.3 Å². The summed E-state index contributed by atoms with van der Waals surface area (Å²) in [6.45, 7) is 7.21. The molecule has 0 heterocycles. The molecule has 3 fully saturated rings. The number of methoxy groups -OCH3 is 1. The van der Waals surface area contributed by atoms with Crippen LogP contribution in [0.3, 0.4) is 0 Å². The molecular formula is C25H40O3. The van der Waals surface area contributed by atoms with E-state index in [9.17, 15) is 9.90 Å². The van der Waals surface area contributed by atoms with Crippen molar-refractivity contribution >= 4 is 5.97 Å². The van der Waals surface area contributed by atoms with Gasteiger partial charge in [-0.3, -0.25) is 4.79 Å². The van der Waals surface area contributed by atoms with Crippen molar-refractivity contribution < 1.29 is 14.6 Å². The molecule has 0 spiro atoms. The van der Waals surface area contributed by atoms with Gasteiger partial charge in [0.1, 0.15) is 0 Å². The zero-order valence-corrected chi connectivity index (χ0v) is 18.3. The van der Waals surface area contributed by atoms with E-state index in [1.165, 1.54) is 45.6 Å². The lowest BCUT2D eigenvalue weighted by atomic mass is 9.44. The van der Waals surface area contributed by atoms with Gasteiger partial charge in [0, 0.05) is 6.42 Å². The highest BCUT2D eigenvalue weighted by atomic mass is 16.5. The van der Waals surface area contributed by atoms with Crippen molar-refractivity contribution in [3.63, 3.8) is 0 Å². The molecule has 3 heteroatoms. The quantitative estimate of drug-likeness (QED) is 0.520. The second-order valence-corrected chi connectivity index (χ2v) is 10.9. The lowest BCUT2D eigenvalue weighted by Crippen LogP contribution is -2.57. The minimum absolute atomic E-state index is 0.0183. The fourth-order valence-corrected chi connectivity index (χ4v) is 8.40. The number of hydrogen-bond acceptors (Lipinski definition) is 3. The molecule has 0 amide bonds. The fraction of sp³-hybridized carbons (Fsp3) is 0.880. The Morgan fingerprint density at radius 3 is 2.75 bits per heavy atom. The van der Waals surface area contributed by atoms with Crippen LogP contribution in [-0.2, 0) is 9.53 Å². The summed E-state index contributed by atoms with van der Waals surface area (Å²) in [5, 5.41) is 11.5. The SMILES string of the molecule is COC(=O)CCC(C)C1CCC2C3CCC4C=CCCC4(C)C3CC(O)C12C. The van der Waals surface area contributed by atoms with E-state index in [4.69, 9.17) is 4.74 Å². The topological polar surface area (TPSA) is 46.5 Å². The van der Waals surface area contributed by atoms with E-state index in [1.54, 1.807) is 0 Å². The lowest BCUT2D eigenvalue weighted by Gasteiger charge is -2.61. The molecule has 4 aliphatic carbocycles. The molecule has 0 aromatic carbocycles. The first kappa shape index (κ1) is 20.4. The van der Waals surface area contributed by atoms with Crippen LogP contribution in [0.4, 0.5) is 0 Å². The average molecular weight is 389 g/mol. The van der Waals surface area contributed by atoms with Crippen molar-refractivity contribution in [3.05, 3.63) is 12.2 Å². The maximum absolute atomic E-state index is 11.6. The second kappa shape index (κ2) is 7.45. The molecular weight excluding hydrogens is 348 g/mol. The molecule has 0 radical (unpaired) electrons. The number of rotatable bonds is 4. The van der Waals surface area contributed by atoms with Crippen LogP contribution >= 0.6 is 0 Å². The van der Waals surface area contributed by atoms with Crippen molar-refractivity contribution in [1.29, 1.82) is 0 Å². The van der Waals surface area contributed by atoms with Crippen LogP contribution in [0.1, 0.15) is 78.6 Å². The number of aliphatic hydroxyl groups excluding tert-OH is 1. The number of hydrogen-bond donors (Lipinski definition) is 1. The summed E-state index contributed by atoms with van der Waals surface area (Å²) < 4.78 is 4.85. The van der Waals surface area contributed by atoms with Gasteiger partial charge in [-0.15, -0.1) is 0 Å². The molecule has 9 atom stereocenters. The summed E-state index contributed by atoms with van der Waals surface area (Å²) in [6.07, 6.45) is 14.7. The van der Waals surface area contributed by atoms with E-state index in [0.29, 0.717) is 35.5 Å². The van der Waals surface area contributed by atoms with Crippen molar-refractivity contribution in [2.45, 2.75) is 84.7 Å². The van der Waals surface area contributed by atoms with Crippen LogP contribution in [0, 0.1) is 46.3 Å². The maximum Gasteiger partial charge on any atom is 0.305 e. The molecule has 0 aromatic heterocycles. The number of esters is 1. The summed E-state index contributed by atoms with van der Waals surface area (Å²) in [4.78, 5) is 11.6. The van der Waals surface area contributed by atoms with Gasteiger partial charge < -0.3 is 9.84 Å². The molecule has 4 rings (SSSR count). The van der Waals surface area contributed by atoms with Gasteiger partial charge >= 0.3 is 5.97 Å². The third-order valence-electron chi connectivity index (χ3n) is 10.1. The average Bonchev–Trinajstić information content (AvgIpc) is 3.05. The second-order valence-electron chi connectivity index (χ2n) is 10.9. The number of fused-ring (bicyclic) bond motifs is 5. The van der Waals surface area contributed by atoms with Crippen LogP contribution in [0.5, 0.6) is 0 Å². The zero-order chi connectivity index (χ0) is 20.1. The van der Waals surface area contributed by atoms with Gasteiger partial charge in [0.25, 0.3) is 0 Å². The summed E-state index contributed by atoms with van der Waals surface area (Å²) in [5.74, 6) is 3.70. The number of carbonyl (C=O) groups is 1. The Morgan fingerprint density at radius 1 is 1.21 bits per heavy atom. The van der Waals surface area contributed by atoms with Crippen LogP contribution < -0.4 is 0 Å². The standard InChI is InChI=1S/C25H40O3/c1-16(8-13-23(27)28-4)19-11-12-20-18-10-9-17-7-5-6-14-24(17,2)21(18)15-22(26)25(19,20)3/h5,7,16-22,26H,6,8-15H2,1-4H3. The van der Waals surface area contributed by atoms with E-state index in [0.717, 1.165) is 24.7 Å². The molecule has 28 heavy (non-hydrogen) atoms. The Morgan fingerprint density at radius 2 is 2.00 bits per heavy atom. The molecule has 0 aromatic rings. The molecule has 158 valence electrons.